The maximum absolute atomic E-state index is 12.7. The molecule has 4 rings (SSSR count). The Morgan fingerprint density at radius 1 is 1.24 bits per heavy atom. The lowest BCUT2D eigenvalue weighted by molar-refractivity contribution is -0.132. The van der Waals surface area contributed by atoms with E-state index in [9.17, 15) is 4.79 Å². The first kappa shape index (κ1) is 20.2. The average Bonchev–Trinajstić information content (AvgIpc) is 3.41. The third kappa shape index (κ3) is 5.29. The third-order valence-electron chi connectivity index (χ3n) is 5.08. The van der Waals surface area contributed by atoms with Gasteiger partial charge < -0.3 is 9.42 Å². The van der Waals surface area contributed by atoms with Crippen molar-refractivity contribution in [3.05, 3.63) is 65.2 Å². The van der Waals surface area contributed by atoms with Crippen LogP contribution in [0, 0.1) is 0 Å². The van der Waals surface area contributed by atoms with Crippen molar-refractivity contribution in [3.63, 3.8) is 0 Å². The van der Waals surface area contributed by atoms with Crippen molar-refractivity contribution in [2.75, 3.05) is 25.4 Å². The van der Waals surface area contributed by atoms with E-state index in [1.165, 1.54) is 5.56 Å². The number of nitrogens with zero attached hydrogens (tertiary/aromatic N) is 3. The fourth-order valence-corrected chi connectivity index (χ4v) is 5.09. The number of benzene rings is 1. The van der Waals surface area contributed by atoms with Gasteiger partial charge in [0.25, 0.3) is 0 Å². The maximum Gasteiger partial charge on any atom is 0.232 e. The van der Waals surface area contributed by atoms with Gasteiger partial charge in [0.2, 0.25) is 5.91 Å². The van der Waals surface area contributed by atoms with Crippen LogP contribution in [0.25, 0.3) is 10.6 Å². The van der Waals surface area contributed by atoms with E-state index in [1.54, 1.807) is 23.1 Å². The molecule has 7 heteroatoms. The van der Waals surface area contributed by atoms with Crippen LogP contribution in [0.4, 0.5) is 0 Å². The smallest absolute Gasteiger partial charge is 0.232 e. The summed E-state index contributed by atoms with van der Waals surface area (Å²) in [4.78, 5) is 18.2. The molecule has 1 unspecified atom stereocenters. The molecule has 3 aromatic rings. The Balaban J connectivity index is 1.22. The number of rotatable bonds is 7. The van der Waals surface area contributed by atoms with E-state index in [-0.39, 0.29) is 11.9 Å². The predicted molar refractivity (Wildman–Crippen MR) is 119 cm³/mol. The molecule has 0 aliphatic carbocycles. The maximum atomic E-state index is 12.7. The summed E-state index contributed by atoms with van der Waals surface area (Å²) in [7, 11) is 0. The Hall–Kier alpha value is -2.09. The minimum atomic E-state index is 0.212. The standard InChI is InChI=1S/C22H25N3O2S2/c1-17-13-24(14-18-6-3-2-4-7-18)9-10-25(17)22(26)16-28-15-19-12-20(27-23-19)21-8-5-11-29-21/h2-8,11-12,17H,9-10,13-16H2,1H3. The second-order valence-corrected chi connectivity index (χ2v) is 9.24. The van der Waals surface area contributed by atoms with Gasteiger partial charge in [-0.1, -0.05) is 41.6 Å². The summed E-state index contributed by atoms with van der Waals surface area (Å²) >= 11 is 3.23. The van der Waals surface area contributed by atoms with E-state index >= 15 is 0 Å². The van der Waals surface area contributed by atoms with Crippen molar-refractivity contribution in [1.29, 1.82) is 0 Å². The molecule has 5 nitrogen and oxygen atoms in total. The first-order valence-corrected chi connectivity index (χ1v) is 11.9. The van der Waals surface area contributed by atoms with Crippen LogP contribution in [0.5, 0.6) is 0 Å². The number of carbonyl (C=O) groups excluding carboxylic acids is 1. The average molecular weight is 428 g/mol. The number of thiophene rings is 1. The van der Waals surface area contributed by atoms with Gasteiger partial charge in [-0.05, 0) is 23.9 Å². The lowest BCUT2D eigenvalue weighted by atomic mass is 10.1. The molecule has 1 atom stereocenters. The van der Waals surface area contributed by atoms with Crippen LogP contribution >= 0.6 is 23.1 Å². The van der Waals surface area contributed by atoms with Crippen molar-refractivity contribution < 1.29 is 9.32 Å². The van der Waals surface area contributed by atoms with Gasteiger partial charge in [0.15, 0.2) is 5.76 Å². The molecule has 152 valence electrons. The quantitative estimate of drug-likeness (QED) is 0.560. The molecule has 0 saturated carbocycles. The van der Waals surface area contributed by atoms with Gasteiger partial charge in [0, 0.05) is 44.0 Å². The van der Waals surface area contributed by atoms with Crippen molar-refractivity contribution in [2.24, 2.45) is 0 Å². The van der Waals surface area contributed by atoms with Crippen LogP contribution in [0.3, 0.4) is 0 Å². The Morgan fingerprint density at radius 2 is 2.10 bits per heavy atom. The fourth-order valence-electron chi connectivity index (χ4n) is 3.63. The van der Waals surface area contributed by atoms with Gasteiger partial charge >= 0.3 is 0 Å². The number of carbonyl (C=O) groups is 1. The molecule has 0 radical (unpaired) electrons. The number of piperazine rings is 1. The zero-order valence-electron chi connectivity index (χ0n) is 16.5. The predicted octanol–water partition coefficient (Wildman–Crippen LogP) is 4.37. The molecule has 1 fully saturated rings. The monoisotopic (exact) mass is 427 g/mol. The summed E-state index contributed by atoms with van der Waals surface area (Å²) in [5.74, 6) is 2.17. The summed E-state index contributed by atoms with van der Waals surface area (Å²) in [5.41, 5.74) is 2.21. The molecule has 0 N–H and O–H groups in total. The molecular weight excluding hydrogens is 402 g/mol. The minimum Gasteiger partial charge on any atom is -0.355 e. The number of amides is 1. The highest BCUT2D eigenvalue weighted by Gasteiger charge is 2.27. The highest BCUT2D eigenvalue weighted by molar-refractivity contribution is 7.99. The number of hydrogen-bond donors (Lipinski definition) is 0. The van der Waals surface area contributed by atoms with Gasteiger partial charge in [-0.15, -0.1) is 23.1 Å². The minimum absolute atomic E-state index is 0.212. The van der Waals surface area contributed by atoms with Gasteiger partial charge in [-0.25, -0.2) is 0 Å². The molecule has 1 aliphatic heterocycles. The summed E-state index contributed by atoms with van der Waals surface area (Å²) in [5, 5.41) is 6.15. The van der Waals surface area contributed by atoms with Crippen LogP contribution in [-0.2, 0) is 17.1 Å². The number of hydrogen-bond acceptors (Lipinski definition) is 6. The summed E-state index contributed by atoms with van der Waals surface area (Å²) in [6.45, 7) is 5.72. The van der Waals surface area contributed by atoms with E-state index in [0.717, 1.165) is 42.5 Å². The molecule has 1 aliphatic rings. The molecule has 1 amide bonds. The molecule has 1 aromatic carbocycles. The van der Waals surface area contributed by atoms with Gasteiger partial charge in [-0.3, -0.25) is 9.69 Å². The largest absolute Gasteiger partial charge is 0.355 e. The Kier molecular flexibility index (Phi) is 6.69. The van der Waals surface area contributed by atoms with Crippen LogP contribution in [-0.4, -0.2) is 52.3 Å². The first-order chi connectivity index (χ1) is 14.2. The lowest BCUT2D eigenvalue weighted by Gasteiger charge is -2.40. The van der Waals surface area contributed by atoms with Crippen LogP contribution in [0.2, 0.25) is 0 Å². The Bertz CT molecular complexity index is 911. The SMILES string of the molecule is CC1CN(Cc2ccccc2)CCN1C(=O)CSCc1cc(-c2cccs2)on1. The molecular formula is C22H25N3O2S2. The Labute approximate surface area is 179 Å². The Morgan fingerprint density at radius 3 is 2.86 bits per heavy atom. The van der Waals surface area contributed by atoms with Gasteiger partial charge in [0.05, 0.1) is 16.3 Å². The van der Waals surface area contributed by atoms with E-state index < -0.39 is 0 Å². The second kappa shape index (κ2) is 9.61. The van der Waals surface area contributed by atoms with E-state index in [2.05, 4.69) is 41.2 Å². The fraction of sp³-hybridized carbons (Fsp3) is 0.364. The first-order valence-electron chi connectivity index (χ1n) is 9.82. The summed E-state index contributed by atoms with van der Waals surface area (Å²) in [6, 6.07) is 16.7. The zero-order valence-corrected chi connectivity index (χ0v) is 18.1. The summed E-state index contributed by atoms with van der Waals surface area (Å²) < 4.78 is 5.41. The lowest BCUT2D eigenvalue weighted by Crippen LogP contribution is -2.54. The number of aromatic nitrogens is 1. The van der Waals surface area contributed by atoms with Gasteiger partial charge in [0.1, 0.15) is 0 Å². The third-order valence-corrected chi connectivity index (χ3v) is 6.91. The second-order valence-electron chi connectivity index (χ2n) is 7.31. The highest BCUT2D eigenvalue weighted by Crippen LogP contribution is 2.26. The van der Waals surface area contributed by atoms with Crippen LogP contribution < -0.4 is 0 Å². The molecule has 3 heterocycles. The molecule has 0 bridgehead atoms. The molecule has 1 saturated heterocycles. The van der Waals surface area contributed by atoms with Crippen molar-refractivity contribution in [1.82, 2.24) is 15.0 Å². The van der Waals surface area contributed by atoms with E-state index in [4.69, 9.17) is 4.52 Å². The van der Waals surface area contributed by atoms with Crippen molar-refractivity contribution in [3.8, 4) is 10.6 Å². The molecule has 2 aromatic heterocycles. The summed E-state index contributed by atoms with van der Waals surface area (Å²) in [6.07, 6.45) is 0. The van der Waals surface area contributed by atoms with E-state index in [1.807, 2.05) is 34.5 Å². The number of thioether (sulfide) groups is 1. The van der Waals surface area contributed by atoms with Crippen LogP contribution in [0.1, 0.15) is 18.2 Å². The van der Waals surface area contributed by atoms with E-state index in [0.29, 0.717) is 11.5 Å². The topological polar surface area (TPSA) is 49.6 Å². The van der Waals surface area contributed by atoms with Crippen molar-refractivity contribution >= 4 is 29.0 Å². The van der Waals surface area contributed by atoms with Crippen LogP contribution in [0.15, 0.2) is 58.4 Å². The molecule has 0 spiro atoms. The normalized spacial score (nSPS) is 17.6. The molecule has 29 heavy (non-hydrogen) atoms. The van der Waals surface area contributed by atoms with Crippen molar-refractivity contribution in [2.45, 2.75) is 25.3 Å². The highest BCUT2D eigenvalue weighted by atomic mass is 32.2. The van der Waals surface area contributed by atoms with Gasteiger partial charge in [-0.2, -0.15) is 0 Å². The zero-order chi connectivity index (χ0) is 20.1.